The van der Waals surface area contributed by atoms with Crippen molar-refractivity contribution in [1.82, 2.24) is 4.98 Å². The van der Waals surface area contributed by atoms with Crippen LogP contribution in [-0.2, 0) is 10.0 Å². The summed E-state index contributed by atoms with van der Waals surface area (Å²) in [6.45, 7) is 2.60. The predicted molar refractivity (Wildman–Crippen MR) is 61.2 cm³/mol. The van der Waals surface area contributed by atoms with Crippen molar-refractivity contribution in [1.29, 1.82) is 0 Å². The van der Waals surface area contributed by atoms with E-state index in [2.05, 4.69) is 4.98 Å². The normalized spacial score (nSPS) is 15.4. The van der Waals surface area contributed by atoms with Gasteiger partial charge in [0.1, 0.15) is 18.0 Å². The van der Waals surface area contributed by atoms with Crippen molar-refractivity contribution in [2.45, 2.75) is 13.3 Å². The molecule has 0 atom stereocenters. The molecule has 0 aliphatic carbocycles. The number of sulfonamides is 1. The Balaban J connectivity index is 2.39. The Morgan fingerprint density at radius 2 is 2.38 bits per heavy atom. The van der Waals surface area contributed by atoms with E-state index < -0.39 is 10.0 Å². The van der Waals surface area contributed by atoms with E-state index in [-0.39, 0.29) is 5.75 Å². The average Bonchev–Trinajstić information content (AvgIpc) is 2.28. The number of rotatable bonds is 3. The molecule has 0 aromatic carbocycles. The monoisotopic (exact) mass is 242 g/mol. The smallest absolute Gasteiger partial charge is 0.235 e. The van der Waals surface area contributed by atoms with Gasteiger partial charge in [0.15, 0.2) is 0 Å². The lowest BCUT2D eigenvalue weighted by Crippen LogP contribution is -2.39. The first-order chi connectivity index (χ1) is 7.65. The summed E-state index contributed by atoms with van der Waals surface area (Å²) in [5.74, 6) is 0.738. The van der Waals surface area contributed by atoms with Crippen molar-refractivity contribution in [3.8, 4) is 5.75 Å². The van der Waals surface area contributed by atoms with E-state index in [1.54, 1.807) is 12.3 Å². The molecule has 6 heteroatoms. The van der Waals surface area contributed by atoms with Crippen molar-refractivity contribution < 1.29 is 13.2 Å². The van der Waals surface area contributed by atoms with Crippen LogP contribution in [0, 0.1) is 0 Å². The average molecular weight is 242 g/mol. The zero-order valence-corrected chi connectivity index (χ0v) is 9.90. The number of aromatic nitrogens is 1. The molecule has 1 aromatic rings. The predicted octanol–water partition coefficient (Wildman–Crippen LogP) is 1.02. The van der Waals surface area contributed by atoms with Gasteiger partial charge in [-0.3, -0.25) is 9.29 Å². The fourth-order valence-electron chi connectivity index (χ4n) is 1.70. The molecule has 0 spiro atoms. The Bertz CT molecular complexity index is 473. The largest absolute Gasteiger partial charge is 0.489 e. The molecule has 1 aliphatic heterocycles. The van der Waals surface area contributed by atoms with Gasteiger partial charge < -0.3 is 4.74 Å². The van der Waals surface area contributed by atoms with Gasteiger partial charge in [-0.05, 0) is 6.42 Å². The van der Waals surface area contributed by atoms with E-state index in [1.807, 2.05) is 6.92 Å². The molecule has 16 heavy (non-hydrogen) atoms. The van der Waals surface area contributed by atoms with Crippen molar-refractivity contribution in [2.24, 2.45) is 0 Å². The number of nitrogens with zero attached hydrogens (tertiary/aromatic N) is 2. The zero-order valence-electron chi connectivity index (χ0n) is 9.09. The second kappa shape index (κ2) is 4.29. The molecule has 0 amide bonds. The Kier molecular flexibility index (Phi) is 3.00. The van der Waals surface area contributed by atoms with Gasteiger partial charge in [0.25, 0.3) is 0 Å². The number of anilines is 1. The summed E-state index contributed by atoms with van der Waals surface area (Å²) >= 11 is 0. The lowest BCUT2D eigenvalue weighted by atomic mass is 10.3. The minimum atomic E-state index is -3.23. The third kappa shape index (κ3) is 1.97. The summed E-state index contributed by atoms with van der Waals surface area (Å²) in [7, 11) is -3.23. The standard InChI is InChI=1S/C10H14N2O3S/c1-2-7-16(13,14)12-5-6-15-10-3-4-11-8-9(10)12/h3-4,8H,2,5-7H2,1H3. The van der Waals surface area contributed by atoms with Crippen LogP contribution in [-0.4, -0.2) is 32.3 Å². The summed E-state index contributed by atoms with van der Waals surface area (Å²) in [4.78, 5) is 3.94. The highest BCUT2D eigenvalue weighted by Gasteiger charge is 2.27. The fourth-order valence-corrected chi connectivity index (χ4v) is 3.22. The number of hydrogen-bond acceptors (Lipinski definition) is 4. The molecule has 1 aliphatic rings. The topological polar surface area (TPSA) is 59.5 Å². The molecule has 0 N–H and O–H groups in total. The number of hydrogen-bond donors (Lipinski definition) is 0. The maximum absolute atomic E-state index is 12.0. The van der Waals surface area contributed by atoms with Gasteiger partial charge in [0, 0.05) is 12.3 Å². The minimum absolute atomic E-state index is 0.154. The van der Waals surface area contributed by atoms with Gasteiger partial charge in [-0.1, -0.05) is 6.92 Å². The molecule has 88 valence electrons. The SMILES string of the molecule is CCCS(=O)(=O)N1CCOc2ccncc21. The molecule has 2 rings (SSSR count). The quantitative estimate of drug-likeness (QED) is 0.794. The Morgan fingerprint density at radius 3 is 3.12 bits per heavy atom. The minimum Gasteiger partial charge on any atom is -0.489 e. The van der Waals surface area contributed by atoms with Crippen molar-refractivity contribution in [2.75, 3.05) is 23.2 Å². The fraction of sp³-hybridized carbons (Fsp3) is 0.500. The van der Waals surface area contributed by atoms with E-state index in [0.717, 1.165) is 0 Å². The number of pyridine rings is 1. The molecule has 2 heterocycles. The van der Waals surface area contributed by atoms with Gasteiger partial charge in [-0.2, -0.15) is 0 Å². The van der Waals surface area contributed by atoms with Crippen LogP contribution in [0.2, 0.25) is 0 Å². The van der Waals surface area contributed by atoms with Crippen LogP contribution in [0.4, 0.5) is 5.69 Å². The first-order valence-electron chi connectivity index (χ1n) is 5.22. The van der Waals surface area contributed by atoms with Gasteiger partial charge in [-0.15, -0.1) is 0 Å². The molecular weight excluding hydrogens is 228 g/mol. The molecule has 0 bridgehead atoms. The summed E-state index contributed by atoms with van der Waals surface area (Å²) in [6, 6.07) is 1.68. The van der Waals surface area contributed by atoms with E-state index in [4.69, 9.17) is 4.74 Å². The first kappa shape index (κ1) is 11.2. The van der Waals surface area contributed by atoms with Crippen LogP contribution in [0.1, 0.15) is 13.3 Å². The van der Waals surface area contributed by atoms with Gasteiger partial charge >= 0.3 is 0 Å². The van der Waals surface area contributed by atoms with Crippen LogP contribution in [0.3, 0.4) is 0 Å². The van der Waals surface area contributed by atoms with E-state index >= 15 is 0 Å². The van der Waals surface area contributed by atoms with Crippen LogP contribution < -0.4 is 9.04 Å². The zero-order chi connectivity index (χ0) is 11.6. The second-order valence-electron chi connectivity index (χ2n) is 3.58. The van der Waals surface area contributed by atoms with Crippen molar-refractivity contribution >= 4 is 15.7 Å². The molecule has 0 unspecified atom stereocenters. The molecule has 0 radical (unpaired) electrons. The lowest BCUT2D eigenvalue weighted by molar-refractivity contribution is 0.315. The molecule has 1 aromatic heterocycles. The van der Waals surface area contributed by atoms with Crippen LogP contribution in [0.25, 0.3) is 0 Å². The Hall–Kier alpha value is -1.30. The highest BCUT2D eigenvalue weighted by Crippen LogP contribution is 2.32. The molecule has 5 nitrogen and oxygen atoms in total. The van der Waals surface area contributed by atoms with E-state index in [9.17, 15) is 8.42 Å². The highest BCUT2D eigenvalue weighted by atomic mass is 32.2. The summed E-state index contributed by atoms with van der Waals surface area (Å²) in [5.41, 5.74) is 0.544. The first-order valence-corrected chi connectivity index (χ1v) is 6.83. The maximum atomic E-state index is 12.0. The van der Waals surface area contributed by atoms with Gasteiger partial charge in [-0.25, -0.2) is 8.42 Å². The molecule has 0 saturated carbocycles. The van der Waals surface area contributed by atoms with E-state index in [1.165, 1.54) is 10.5 Å². The summed E-state index contributed by atoms with van der Waals surface area (Å²) in [5, 5.41) is 0. The molecule has 0 fully saturated rings. The van der Waals surface area contributed by atoms with Crippen molar-refractivity contribution in [3.05, 3.63) is 18.5 Å². The molecule has 0 saturated heterocycles. The maximum Gasteiger partial charge on any atom is 0.235 e. The van der Waals surface area contributed by atoms with Crippen LogP contribution in [0.15, 0.2) is 18.5 Å². The highest BCUT2D eigenvalue weighted by molar-refractivity contribution is 7.92. The second-order valence-corrected chi connectivity index (χ2v) is 5.59. The third-order valence-electron chi connectivity index (χ3n) is 2.38. The Morgan fingerprint density at radius 1 is 1.56 bits per heavy atom. The number of ether oxygens (including phenoxy) is 1. The van der Waals surface area contributed by atoms with Crippen molar-refractivity contribution in [3.63, 3.8) is 0 Å². The molecular formula is C10H14N2O3S. The summed E-state index contributed by atoms with van der Waals surface area (Å²) < 4.78 is 30.8. The Labute approximate surface area is 95.1 Å². The summed E-state index contributed by atoms with van der Waals surface area (Å²) in [6.07, 6.45) is 3.73. The van der Waals surface area contributed by atoms with Gasteiger partial charge in [0.2, 0.25) is 10.0 Å². The number of fused-ring (bicyclic) bond motifs is 1. The lowest BCUT2D eigenvalue weighted by Gasteiger charge is -2.29. The van der Waals surface area contributed by atoms with Gasteiger partial charge in [0.05, 0.1) is 18.5 Å². The van der Waals surface area contributed by atoms with Crippen LogP contribution in [0.5, 0.6) is 5.75 Å². The van der Waals surface area contributed by atoms with E-state index in [0.29, 0.717) is 31.0 Å². The third-order valence-corrected chi connectivity index (χ3v) is 4.35. The van der Waals surface area contributed by atoms with Crippen LogP contribution >= 0.6 is 0 Å².